The van der Waals surface area contributed by atoms with Gasteiger partial charge in [0.25, 0.3) is 5.91 Å². The maximum Gasteiger partial charge on any atom is 0.342 e. The molecule has 4 aromatic rings. The largest absolute Gasteiger partial charge is 0.507 e. The summed E-state index contributed by atoms with van der Waals surface area (Å²) in [6.45, 7) is 0.113. The van der Waals surface area contributed by atoms with E-state index in [0.29, 0.717) is 35.7 Å². The number of methoxy groups -OCH3 is 1. The van der Waals surface area contributed by atoms with Gasteiger partial charge in [-0.2, -0.15) is 4.31 Å². The van der Waals surface area contributed by atoms with Gasteiger partial charge in [-0.25, -0.2) is 13.2 Å². The highest BCUT2D eigenvalue weighted by Crippen LogP contribution is 2.36. The molecule has 1 aliphatic heterocycles. The van der Waals surface area contributed by atoms with Crippen LogP contribution in [0.25, 0.3) is 21.9 Å². The highest BCUT2D eigenvalue weighted by Gasteiger charge is 2.29. The van der Waals surface area contributed by atoms with Gasteiger partial charge in [0.15, 0.2) is 6.61 Å². The minimum Gasteiger partial charge on any atom is -0.507 e. The molecule has 2 N–H and O–H groups in total. The summed E-state index contributed by atoms with van der Waals surface area (Å²) in [7, 11) is -2.34. The van der Waals surface area contributed by atoms with Crippen molar-refractivity contribution in [3.8, 4) is 11.5 Å². The van der Waals surface area contributed by atoms with Crippen LogP contribution in [0.1, 0.15) is 23.2 Å². The highest BCUT2D eigenvalue weighted by atomic mass is 32.2. The standard InChI is InChI=1S/C26H24N2O8S/c1-34-24-13-18-17-6-2-3-7-22(17)36-23(18)14-20(24)27-25(30)15-35-26(31)19-12-16(8-9-21(19)29)37(32,33)28-10-4-5-11-28/h2-3,6-9,12-14,29H,4-5,10-11,15H2,1H3,(H,27,30). The van der Waals surface area contributed by atoms with Crippen LogP contribution in [0.4, 0.5) is 5.69 Å². The Bertz CT molecular complexity index is 1620. The molecule has 1 aliphatic rings. The van der Waals surface area contributed by atoms with Crippen LogP contribution in [0, 0.1) is 0 Å². The third kappa shape index (κ3) is 4.70. The van der Waals surface area contributed by atoms with Crippen LogP contribution in [-0.2, 0) is 19.6 Å². The van der Waals surface area contributed by atoms with E-state index >= 15 is 0 Å². The van der Waals surface area contributed by atoms with Crippen LogP contribution >= 0.6 is 0 Å². The zero-order valence-corrected chi connectivity index (χ0v) is 20.7. The molecule has 11 heteroatoms. The van der Waals surface area contributed by atoms with E-state index in [1.807, 2.05) is 24.3 Å². The number of amides is 1. The number of carbonyl (C=O) groups is 2. The number of furan rings is 1. The first kappa shape index (κ1) is 24.6. The van der Waals surface area contributed by atoms with E-state index in [0.717, 1.165) is 35.7 Å². The average Bonchev–Trinajstić information content (AvgIpc) is 3.55. The molecule has 5 rings (SSSR count). The first-order valence-corrected chi connectivity index (χ1v) is 13.0. The van der Waals surface area contributed by atoms with Crippen molar-refractivity contribution in [3.63, 3.8) is 0 Å². The Morgan fingerprint density at radius 2 is 1.78 bits per heavy atom. The van der Waals surface area contributed by atoms with Gasteiger partial charge in [-0.05, 0) is 43.2 Å². The molecule has 1 aromatic heterocycles. The molecule has 0 bridgehead atoms. The van der Waals surface area contributed by atoms with Crippen LogP contribution in [0.15, 0.2) is 63.9 Å². The van der Waals surface area contributed by atoms with E-state index in [4.69, 9.17) is 13.9 Å². The summed E-state index contributed by atoms with van der Waals surface area (Å²) in [6.07, 6.45) is 1.52. The lowest BCUT2D eigenvalue weighted by atomic mass is 10.1. The lowest BCUT2D eigenvalue weighted by molar-refractivity contribution is -0.119. The van der Waals surface area contributed by atoms with Crippen LogP contribution < -0.4 is 10.1 Å². The highest BCUT2D eigenvalue weighted by molar-refractivity contribution is 7.89. The smallest absolute Gasteiger partial charge is 0.342 e. The lowest BCUT2D eigenvalue weighted by Crippen LogP contribution is -2.28. The predicted octanol–water partition coefficient (Wildman–Crippen LogP) is 3.88. The third-order valence-electron chi connectivity index (χ3n) is 6.20. The van der Waals surface area contributed by atoms with Crippen molar-refractivity contribution in [1.82, 2.24) is 4.31 Å². The maximum absolute atomic E-state index is 12.8. The normalized spacial score (nSPS) is 14.2. The van der Waals surface area contributed by atoms with Crippen molar-refractivity contribution in [2.75, 3.05) is 32.1 Å². The number of nitrogens with one attached hydrogen (secondary N) is 1. The first-order valence-electron chi connectivity index (χ1n) is 11.6. The molecule has 1 fully saturated rings. The van der Waals surface area contributed by atoms with Gasteiger partial charge in [0.2, 0.25) is 10.0 Å². The number of aromatic hydroxyl groups is 1. The van der Waals surface area contributed by atoms with Crippen LogP contribution in [-0.4, -0.2) is 56.5 Å². The SMILES string of the molecule is COc1cc2c(cc1NC(=O)COC(=O)c1cc(S(=O)(=O)N3CCCC3)ccc1O)oc1ccccc12. The van der Waals surface area contributed by atoms with E-state index in [1.165, 1.54) is 17.5 Å². The Morgan fingerprint density at radius 1 is 1.03 bits per heavy atom. The molecule has 0 atom stereocenters. The average molecular weight is 525 g/mol. The molecule has 0 aliphatic carbocycles. The molecule has 0 saturated carbocycles. The number of benzene rings is 3. The lowest BCUT2D eigenvalue weighted by Gasteiger charge is -2.16. The fraction of sp³-hybridized carbons (Fsp3) is 0.231. The molecule has 1 saturated heterocycles. The van der Waals surface area contributed by atoms with Gasteiger partial charge in [-0.3, -0.25) is 4.79 Å². The fourth-order valence-electron chi connectivity index (χ4n) is 4.33. The monoisotopic (exact) mass is 524 g/mol. The molecule has 3 aromatic carbocycles. The van der Waals surface area contributed by atoms with E-state index in [1.54, 1.807) is 12.1 Å². The Balaban J connectivity index is 1.30. The molecular weight excluding hydrogens is 500 g/mol. The van der Waals surface area contributed by atoms with Crippen LogP contribution in [0.3, 0.4) is 0 Å². The zero-order chi connectivity index (χ0) is 26.2. The maximum atomic E-state index is 12.8. The molecule has 0 unspecified atom stereocenters. The number of phenolic OH excluding ortho intramolecular Hbond substituents is 1. The Morgan fingerprint density at radius 3 is 2.54 bits per heavy atom. The molecular formula is C26H24N2O8S. The second-order valence-corrected chi connectivity index (χ2v) is 10.5. The van der Waals surface area contributed by atoms with E-state index in [2.05, 4.69) is 5.32 Å². The Kier molecular flexibility index (Phi) is 6.48. The zero-order valence-electron chi connectivity index (χ0n) is 19.9. The van der Waals surface area contributed by atoms with E-state index < -0.39 is 34.3 Å². The third-order valence-corrected chi connectivity index (χ3v) is 8.09. The van der Waals surface area contributed by atoms with Crippen molar-refractivity contribution in [2.24, 2.45) is 0 Å². The summed E-state index contributed by atoms with van der Waals surface area (Å²) in [6, 6.07) is 14.3. The number of anilines is 1. The number of esters is 1. The summed E-state index contributed by atoms with van der Waals surface area (Å²) in [4.78, 5) is 25.0. The van der Waals surface area contributed by atoms with Crippen molar-refractivity contribution in [1.29, 1.82) is 0 Å². The van der Waals surface area contributed by atoms with Crippen molar-refractivity contribution in [3.05, 3.63) is 60.2 Å². The number of hydrogen-bond donors (Lipinski definition) is 2. The van der Waals surface area contributed by atoms with Gasteiger partial charge >= 0.3 is 5.97 Å². The summed E-state index contributed by atoms with van der Waals surface area (Å²) < 4.78 is 43.3. The number of rotatable bonds is 7. The number of hydrogen-bond acceptors (Lipinski definition) is 8. The minimum absolute atomic E-state index is 0.132. The number of nitrogens with zero attached hydrogens (tertiary/aromatic N) is 1. The predicted molar refractivity (Wildman–Crippen MR) is 135 cm³/mol. The van der Waals surface area contributed by atoms with Gasteiger partial charge in [0.05, 0.1) is 17.7 Å². The number of phenols is 1. The van der Waals surface area contributed by atoms with Crippen molar-refractivity contribution in [2.45, 2.75) is 17.7 Å². The molecule has 10 nitrogen and oxygen atoms in total. The minimum atomic E-state index is -3.81. The summed E-state index contributed by atoms with van der Waals surface area (Å²) in [5.74, 6) is -1.77. The Labute approximate surface area is 212 Å². The van der Waals surface area contributed by atoms with Crippen LogP contribution in [0.5, 0.6) is 11.5 Å². The quantitative estimate of drug-likeness (QED) is 0.348. The Hall–Kier alpha value is -4.09. The second-order valence-electron chi connectivity index (χ2n) is 8.56. The van der Waals surface area contributed by atoms with Gasteiger partial charge in [0.1, 0.15) is 28.2 Å². The summed E-state index contributed by atoms with van der Waals surface area (Å²) >= 11 is 0. The van der Waals surface area contributed by atoms with Crippen LogP contribution in [0.2, 0.25) is 0 Å². The van der Waals surface area contributed by atoms with Crippen molar-refractivity contribution >= 4 is 49.5 Å². The number of sulfonamides is 1. The summed E-state index contributed by atoms with van der Waals surface area (Å²) in [5, 5.41) is 14.5. The first-order chi connectivity index (χ1) is 17.8. The molecule has 0 radical (unpaired) electrons. The van der Waals surface area contributed by atoms with Crippen molar-refractivity contribution < 1.29 is 37.0 Å². The topological polar surface area (TPSA) is 135 Å². The number of ether oxygens (including phenoxy) is 2. The number of fused-ring (bicyclic) bond motifs is 3. The molecule has 37 heavy (non-hydrogen) atoms. The van der Waals surface area contributed by atoms with E-state index in [-0.39, 0.29) is 10.5 Å². The second kappa shape index (κ2) is 9.75. The van der Waals surface area contributed by atoms with Gasteiger partial charge < -0.3 is 24.3 Å². The molecule has 0 spiro atoms. The number of carbonyl (C=O) groups excluding carboxylic acids is 2. The fourth-order valence-corrected chi connectivity index (χ4v) is 5.87. The van der Waals surface area contributed by atoms with Gasteiger partial charge in [0, 0.05) is 29.9 Å². The van der Waals surface area contributed by atoms with Gasteiger partial charge in [-0.15, -0.1) is 0 Å². The molecule has 192 valence electrons. The molecule has 2 heterocycles. The number of para-hydroxylation sites is 1. The van der Waals surface area contributed by atoms with Gasteiger partial charge in [-0.1, -0.05) is 18.2 Å². The molecule has 1 amide bonds. The summed E-state index contributed by atoms with van der Waals surface area (Å²) in [5.41, 5.74) is 1.19. The van der Waals surface area contributed by atoms with E-state index in [9.17, 15) is 23.1 Å².